The van der Waals surface area contributed by atoms with E-state index >= 15 is 0 Å². The zero-order chi connectivity index (χ0) is 48.2. The topological polar surface area (TPSA) is 170 Å². The van der Waals surface area contributed by atoms with Gasteiger partial charge in [-0.2, -0.15) is 31.6 Å². The Kier molecular flexibility index (Phi) is 55.8. The Morgan fingerprint density at radius 2 is 0.583 bits per heavy atom. The largest absolute Gasteiger partial charge is 0.418 e. The molecule has 0 unspecified atom stereocenters. The van der Waals surface area contributed by atoms with Gasteiger partial charge in [0.15, 0.2) is 8.32 Å². The highest BCUT2D eigenvalue weighted by Crippen LogP contribution is 2.27. The van der Waals surface area contributed by atoms with Crippen LogP contribution in [0.3, 0.4) is 0 Å². The summed E-state index contributed by atoms with van der Waals surface area (Å²) >= 11 is 51.2. The smallest absolute Gasteiger partial charge is 0.341 e. The molecule has 0 heterocycles. The first-order valence-electron chi connectivity index (χ1n) is 19.9. The van der Waals surface area contributed by atoms with Gasteiger partial charge in [-0.15, -0.1) is 99.7 Å². The Bertz CT molecular complexity index is 1140. The first-order chi connectivity index (χ1) is 27.5. The maximum Gasteiger partial charge on any atom is 0.341 e. The van der Waals surface area contributed by atoms with Gasteiger partial charge >= 0.3 is 14.6 Å². The summed E-state index contributed by atoms with van der Waals surface area (Å²) in [5.41, 5.74) is 0. The Morgan fingerprint density at radius 3 is 0.800 bits per heavy atom. The molecular formula is C36H69Cl9N6O3Si6. The van der Waals surface area contributed by atoms with Crippen molar-refractivity contribution in [2.75, 3.05) is 19.8 Å². The van der Waals surface area contributed by atoms with Crippen molar-refractivity contribution in [2.24, 2.45) is 0 Å². The fourth-order valence-electron chi connectivity index (χ4n) is 4.14. The van der Waals surface area contributed by atoms with E-state index in [1.54, 1.807) is 0 Å². The van der Waals surface area contributed by atoms with E-state index in [-0.39, 0.29) is 0 Å². The highest BCUT2D eigenvalue weighted by Gasteiger charge is 2.29. The summed E-state index contributed by atoms with van der Waals surface area (Å²) in [6.07, 6.45) is 8.58. The van der Waals surface area contributed by atoms with Gasteiger partial charge in [0.2, 0.25) is 20.1 Å². The molecule has 0 radical (unpaired) electrons. The lowest BCUT2D eigenvalue weighted by molar-refractivity contribution is 0.188. The van der Waals surface area contributed by atoms with Crippen LogP contribution in [0.5, 0.6) is 0 Å². The fraction of sp³-hybridized carbons (Fsp3) is 0.833. The van der Waals surface area contributed by atoms with E-state index in [4.69, 9.17) is 145 Å². The van der Waals surface area contributed by atoms with E-state index in [9.17, 15) is 0 Å². The van der Waals surface area contributed by atoms with Crippen molar-refractivity contribution in [3.63, 3.8) is 0 Å². The Morgan fingerprint density at radius 1 is 0.350 bits per heavy atom. The number of hydrogen-bond acceptors (Lipinski definition) is 9. The molecule has 0 saturated heterocycles. The Hall–Kier alpha value is 0.731. The number of halogens is 9. The number of unbranched alkanes of at least 4 members (excludes halogenated alkanes) is 6. The van der Waals surface area contributed by atoms with Crippen molar-refractivity contribution < 1.29 is 13.3 Å². The summed E-state index contributed by atoms with van der Waals surface area (Å²) in [5.74, 6) is 0. The van der Waals surface area contributed by atoms with E-state index in [1.807, 2.05) is 64.7 Å². The van der Waals surface area contributed by atoms with Gasteiger partial charge in [-0.3, -0.25) is 0 Å². The van der Waals surface area contributed by atoms with Crippen LogP contribution in [-0.2, 0) is 13.3 Å². The first kappa shape index (κ1) is 72.3. The van der Waals surface area contributed by atoms with E-state index in [2.05, 4.69) is 31.8 Å². The molecule has 0 amide bonds. The molecule has 9 nitrogen and oxygen atoms in total. The SMILES string of the molecule is CCO[Si](C)(C)CCCC#N.CCO[Si](C)(CCCC#N)OCC.C[Si](Cl)(Cl)CCCC#N.C[Si](Cl)(Cl)CCCC#N.C[Si](Cl)(Cl)CCCC#N.N#CCCC[Si](Cl)(Cl)Cl. The van der Waals surface area contributed by atoms with Gasteiger partial charge in [-0.1, -0.05) is 0 Å². The number of rotatable bonds is 24. The molecule has 0 aliphatic carbocycles. The summed E-state index contributed by atoms with van der Waals surface area (Å²) in [6.45, 7) is 14.6. The molecule has 348 valence electrons. The highest BCUT2D eigenvalue weighted by molar-refractivity contribution is 7.64. The van der Waals surface area contributed by atoms with E-state index in [0.29, 0.717) is 64.2 Å². The molecule has 0 saturated carbocycles. The molecular weight excluding hydrogens is 1050 g/mol. The van der Waals surface area contributed by atoms with Gasteiger partial charge in [-0.25, -0.2) is 0 Å². The molecule has 0 aliphatic rings. The second-order valence-corrected chi connectivity index (χ2v) is 55.7. The molecule has 0 bridgehead atoms. The van der Waals surface area contributed by atoms with Crippen LogP contribution in [0, 0.1) is 68.0 Å². The van der Waals surface area contributed by atoms with Crippen molar-refractivity contribution in [3.05, 3.63) is 0 Å². The number of hydrogen-bond donors (Lipinski definition) is 0. The van der Waals surface area contributed by atoms with Crippen LogP contribution in [0.15, 0.2) is 0 Å². The fourth-order valence-corrected chi connectivity index (χ4v) is 15.1. The zero-order valence-electron chi connectivity index (χ0n) is 37.2. The average Bonchev–Trinajstić information content (AvgIpc) is 3.09. The third kappa shape index (κ3) is 82.4. The summed E-state index contributed by atoms with van der Waals surface area (Å²) in [7, 11) is -3.33. The standard InChI is InChI=1S/C9H19NO2Si.C8H17NOSi.3C5H9Cl2NSi.C4H6Cl3NSi/c1-4-11-13(3,12-5-2)9-7-6-8-10;1-4-10-11(2,3)8-6-5-7-9;3*1-9(6,7)5-3-2-4-8;5-9(6,7)4-2-1-3-8/h4-7,9H2,1-3H3;4-6,8H2,1-3H3;3*2-3,5H2,1H3;1-2,4H2. The summed E-state index contributed by atoms with van der Waals surface area (Å²) in [4.78, 5) is 0. The molecule has 60 heavy (non-hydrogen) atoms. The number of nitrogens with zero attached hydrogens (tertiary/aromatic N) is 6. The van der Waals surface area contributed by atoms with Crippen LogP contribution in [0.1, 0.15) is 97.8 Å². The van der Waals surface area contributed by atoms with E-state index < -0.39 is 43.0 Å². The number of nitriles is 6. The molecule has 0 aromatic rings. The van der Waals surface area contributed by atoms with Gasteiger partial charge in [0, 0.05) is 58.3 Å². The minimum absolute atomic E-state index is 0.487. The molecule has 0 aliphatic heterocycles. The molecule has 0 N–H and O–H groups in total. The minimum Gasteiger partial charge on any atom is -0.418 e. The van der Waals surface area contributed by atoms with Gasteiger partial charge in [0.25, 0.3) is 0 Å². The average molecular weight is 1120 g/mol. The first-order valence-corrected chi connectivity index (χ1v) is 45.0. The molecule has 0 aromatic carbocycles. The van der Waals surface area contributed by atoms with Crippen molar-refractivity contribution in [1.82, 2.24) is 0 Å². The predicted octanol–water partition coefficient (Wildman–Crippen LogP) is 16.4. The van der Waals surface area contributed by atoms with Crippen molar-refractivity contribution in [2.45, 2.75) is 173 Å². The second-order valence-electron chi connectivity index (χ2n) is 14.1. The quantitative estimate of drug-likeness (QED) is 0.0518. The third-order valence-electron chi connectivity index (χ3n) is 6.88. The second kappa shape index (κ2) is 46.3. The predicted molar refractivity (Wildman–Crippen MR) is 275 cm³/mol. The van der Waals surface area contributed by atoms with Crippen molar-refractivity contribution in [1.29, 1.82) is 31.6 Å². The highest BCUT2D eigenvalue weighted by atomic mass is 35.8. The van der Waals surface area contributed by atoms with Gasteiger partial charge < -0.3 is 13.3 Å². The molecule has 0 rings (SSSR count). The maximum absolute atomic E-state index is 8.41. The lowest BCUT2D eigenvalue weighted by Gasteiger charge is -2.25. The van der Waals surface area contributed by atoms with Crippen LogP contribution in [0.2, 0.25) is 75.5 Å². The van der Waals surface area contributed by atoms with Crippen molar-refractivity contribution >= 4 is 143 Å². The molecule has 0 atom stereocenters. The normalized spacial score (nSPS) is 11.0. The van der Waals surface area contributed by atoms with Crippen LogP contribution < -0.4 is 0 Å². The van der Waals surface area contributed by atoms with Gasteiger partial charge in [0.1, 0.15) is 0 Å². The van der Waals surface area contributed by atoms with Gasteiger partial charge in [-0.05, 0) is 135 Å². The van der Waals surface area contributed by atoms with Crippen molar-refractivity contribution in [3.8, 4) is 36.4 Å². The lowest BCUT2D eigenvalue weighted by Crippen LogP contribution is -2.38. The summed E-state index contributed by atoms with van der Waals surface area (Å²) < 4.78 is 16.9. The van der Waals surface area contributed by atoms with Crippen LogP contribution in [-0.4, -0.2) is 62.8 Å². The van der Waals surface area contributed by atoms with E-state index in [1.165, 1.54) is 0 Å². The maximum atomic E-state index is 8.41. The molecule has 24 heteroatoms. The minimum atomic E-state index is -2.43. The Labute approximate surface area is 413 Å². The molecule has 0 aromatic heterocycles. The third-order valence-corrected chi connectivity index (χ3v) is 22.3. The summed E-state index contributed by atoms with van der Waals surface area (Å²) in [5, 5.41) is 49.3. The zero-order valence-corrected chi connectivity index (χ0v) is 50.0. The Balaban J connectivity index is -0.000000147. The summed E-state index contributed by atoms with van der Waals surface area (Å²) in [6, 6.07) is 15.1. The molecule has 0 fully saturated rings. The van der Waals surface area contributed by atoms with Crippen LogP contribution in [0.25, 0.3) is 0 Å². The monoisotopic (exact) mass is 1120 g/mol. The lowest BCUT2D eigenvalue weighted by atomic mass is 10.4. The van der Waals surface area contributed by atoms with Crippen LogP contribution >= 0.6 is 99.7 Å². The van der Waals surface area contributed by atoms with E-state index in [0.717, 1.165) is 68.9 Å². The van der Waals surface area contributed by atoms with Gasteiger partial charge in [0.05, 0.1) is 36.4 Å². The van der Waals surface area contributed by atoms with Crippen LogP contribution in [0.4, 0.5) is 0 Å². The molecule has 0 spiro atoms.